The van der Waals surface area contributed by atoms with Gasteiger partial charge in [-0.25, -0.2) is 0 Å². The summed E-state index contributed by atoms with van der Waals surface area (Å²) in [6, 6.07) is 10.8. The van der Waals surface area contributed by atoms with Crippen LogP contribution in [0.15, 0.2) is 47.2 Å². The molecular formula is C21H27N5O. The Balaban J connectivity index is 1.55. The third-order valence-corrected chi connectivity index (χ3v) is 5.26. The molecule has 0 unspecified atom stereocenters. The van der Waals surface area contributed by atoms with Gasteiger partial charge in [-0.05, 0) is 36.6 Å². The molecule has 6 heteroatoms. The second-order valence-corrected chi connectivity index (χ2v) is 7.60. The second kappa shape index (κ2) is 8.05. The van der Waals surface area contributed by atoms with E-state index in [0.717, 1.165) is 37.8 Å². The fraction of sp³-hybridized carbons (Fsp3) is 0.476. The second-order valence-electron chi connectivity index (χ2n) is 7.60. The van der Waals surface area contributed by atoms with E-state index in [1.807, 2.05) is 23.1 Å². The van der Waals surface area contributed by atoms with Gasteiger partial charge in [0.2, 0.25) is 5.89 Å². The first-order valence-corrected chi connectivity index (χ1v) is 9.82. The highest BCUT2D eigenvalue weighted by molar-refractivity contribution is 5.27. The summed E-state index contributed by atoms with van der Waals surface area (Å²) >= 11 is 0. The monoisotopic (exact) mass is 365 g/mol. The molecule has 1 saturated heterocycles. The first-order valence-electron chi connectivity index (χ1n) is 9.82. The molecule has 1 fully saturated rings. The Hall–Kier alpha value is -2.47. The number of likely N-dealkylation sites (tertiary alicyclic amines) is 1. The van der Waals surface area contributed by atoms with E-state index in [-0.39, 0.29) is 12.0 Å². The van der Waals surface area contributed by atoms with Crippen molar-refractivity contribution in [1.82, 2.24) is 24.8 Å². The molecule has 0 spiro atoms. The van der Waals surface area contributed by atoms with Crippen LogP contribution in [0.3, 0.4) is 0 Å². The van der Waals surface area contributed by atoms with Gasteiger partial charge in [0, 0.05) is 24.9 Å². The lowest BCUT2D eigenvalue weighted by atomic mass is 9.99. The number of piperidine rings is 1. The first-order chi connectivity index (χ1) is 13.2. The molecule has 1 aromatic carbocycles. The van der Waals surface area contributed by atoms with Crippen LogP contribution in [-0.2, 0) is 13.1 Å². The maximum absolute atomic E-state index is 5.63. The predicted octanol–water partition coefficient (Wildman–Crippen LogP) is 4.17. The van der Waals surface area contributed by atoms with Crippen molar-refractivity contribution in [3.05, 3.63) is 65.6 Å². The van der Waals surface area contributed by atoms with Gasteiger partial charge in [0.25, 0.3) is 0 Å². The summed E-state index contributed by atoms with van der Waals surface area (Å²) in [5, 5.41) is 8.53. The standard InChI is InChI=1S/C21H27N5O/c1-16(2)20-23-21(27-24-20)19-10-5-6-12-25(19)14-17-8-3-4-9-18(17)15-26-13-7-11-22-26/h3-4,7-9,11,13,16,19H,5-6,10,12,14-15H2,1-2H3/t19-/m1/s1. The van der Waals surface area contributed by atoms with Gasteiger partial charge in [-0.3, -0.25) is 9.58 Å². The van der Waals surface area contributed by atoms with Crippen molar-refractivity contribution in [2.45, 2.75) is 58.2 Å². The van der Waals surface area contributed by atoms with Crippen LogP contribution < -0.4 is 0 Å². The minimum atomic E-state index is 0.205. The van der Waals surface area contributed by atoms with Crippen LogP contribution in [0, 0.1) is 0 Å². The zero-order valence-electron chi connectivity index (χ0n) is 16.1. The van der Waals surface area contributed by atoms with Crippen molar-refractivity contribution in [2.24, 2.45) is 0 Å². The van der Waals surface area contributed by atoms with Gasteiger partial charge in [0.05, 0.1) is 12.6 Å². The number of hydrogen-bond acceptors (Lipinski definition) is 5. The highest BCUT2D eigenvalue weighted by Gasteiger charge is 2.29. The van der Waals surface area contributed by atoms with E-state index < -0.39 is 0 Å². The molecule has 0 radical (unpaired) electrons. The molecule has 3 heterocycles. The maximum Gasteiger partial charge on any atom is 0.244 e. The van der Waals surface area contributed by atoms with Crippen LogP contribution in [-0.4, -0.2) is 31.4 Å². The van der Waals surface area contributed by atoms with Gasteiger partial charge in [-0.15, -0.1) is 0 Å². The number of rotatable bonds is 6. The summed E-state index contributed by atoms with van der Waals surface area (Å²) in [6.07, 6.45) is 7.32. The van der Waals surface area contributed by atoms with Crippen LogP contribution in [0.5, 0.6) is 0 Å². The normalized spacial score (nSPS) is 18.3. The Labute approximate surface area is 160 Å². The number of hydrogen-bond donors (Lipinski definition) is 0. The van der Waals surface area contributed by atoms with Gasteiger partial charge >= 0.3 is 0 Å². The summed E-state index contributed by atoms with van der Waals surface area (Å²) in [7, 11) is 0. The zero-order valence-corrected chi connectivity index (χ0v) is 16.1. The number of benzene rings is 1. The van der Waals surface area contributed by atoms with Crippen molar-refractivity contribution in [2.75, 3.05) is 6.54 Å². The third kappa shape index (κ3) is 4.11. The van der Waals surface area contributed by atoms with Crippen molar-refractivity contribution >= 4 is 0 Å². The highest BCUT2D eigenvalue weighted by atomic mass is 16.5. The summed E-state index contributed by atoms with van der Waals surface area (Å²) in [5.41, 5.74) is 2.64. The molecule has 0 amide bonds. The molecule has 6 nitrogen and oxygen atoms in total. The van der Waals surface area contributed by atoms with E-state index in [2.05, 4.69) is 58.3 Å². The van der Waals surface area contributed by atoms with Crippen molar-refractivity contribution < 1.29 is 4.52 Å². The zero-order chi connectivity index (χ0) is 18.6. The van der Waals surface area contributed by atoms with Crippen LogP contribution in [0.4, 0.5) is 0 Å². The molecule has 0 N–H and O–H groups in total. The van der Waals surface area contributed by atoms with Gasteiger partial charge in [-0.1, -0.05) is 49.7 Å². The summed E-state index contributed by atoms with van der Waals surface area (Å²) in [5.74, 6) is 1.85. The highest BCUT2D eigenvalue weighted by Crippen LogP contribution is 2.32. The molecule has 4 rings (SSSR count). The van der Waals surface area contributed by atoms with Gasteiger partial charge in [0.15, 0.2) is 5.82 Å². The molecule has 0 saturated carbocycles. The van der Waals surface area contributed by atoms with Crippen LogP contribution in [0.1, 0.15) is 67.9 Å². The van der Waals surface area contributed by atoms with E-state index in [0.29, 0.717) is 0 Å². The Bertz CT molecular complexity index is 855. The lowest BCUT2D eigenvalue weighted by molar-refractivity contribution is 0.111. The largest absolute Gasteiger partial charge is 0.338 e. The molecule has 1 aliphatic heterocycles. The fourth-order valence-corrected chi connectivity index (χ4v) is 3.73. The topological polar surface area (TPSA) is 60.0 Å². The Morgan fingerprint density at radius 3 is 2.63 bits per heavy atom. The maximum atomic E-state index is 5.63. The van der Waals surface area contributed by atoms with Crippen LogP contribution in [0.2, 0.25) is 0 Å². The van der Waals surface area contributed by atoms with Crippen LogP contribution >= 0.6 is 0 Å². The lowest BCUT2D eigenvalue weighted by Crippen LogP contribution is -2.33. The molecule has 0 aliphatic carbocycles. The Morgan fingerprint density at radius 1 is 1.11 bits per heavy atom. The molecule has 3 aromatic rings. The van der Waals surface area contributed by atoms with Crippen molar-refractivity contribution in [3.8, 4) is 0 Å². The van der Waals surface area contributed by atoms with E-state index in [1.54, 1.807) is 0 Å². The Morgan fingerprint density at radius 2 is 1.93 bits per heavy atom. The average molecular weight is 365 g/mol. The molecule has 1 aliphatic rings. The molecule has 27 heavy (non-hydrogen) atoms. The summed E-state index contributed by atoms with van der Waals surface area (Å²) < 4.78 is 7.60. The summed E-state index contributed by atoms with van der Waals surface area (Å²) in [6.45, 7) is 6.93. The summed E-state index contributed by atoms with van der Waals surface area (Å²) in [4.78, 5) is 7.16. The van der Waals surface area contributed by atoms with Gasteiger partial charge in [-0.2, -0.15) is 10.1 Å². The third-order valence-electron chi connectivity index (χ3n) is 5.26. The molecule has 0 bridgehead atoms. The fourth-order valence-electron chi connectivity index (χ4n) is 3.73. The number of nitrogens with zero attached hydrogens (tertiary/aromatic N) is 5. The predicted molar refractivity (Wildman–Crippen MR) is 103 cm³/mol. The van der Waals surface area contributed by atoms with E-state index in [4.69, 9.17) is 4.52 Å². The Kier molecular flexibility index (Phi) is 5.34. The number of aromatic nitrogens is 4. The average Bonchev–Trinajstić information content (AvgIpc) is 3.36. The lowest BCUT2D eigenvalue weighted by Gasteiger charge is -2.33. The van der Waals surface area contributed by atoms with E-state index in [9.17, 15) is 0 Å². The van der Waals surface area contributed by atoms with Crippen LogP contribution in [0.25, 0.3) is 0 Å². The quantitative estimate of drug-likeness (QED) is 0.656. The van der Waals surface area contributed by atoms with E-state index in [1.165, 1.54) is 24.0 Å². The first kappa shape index (κ1) is 17.9. The van der Waals surface area contributed by atoms with Crippen molar-refractivity contribution in [3.63, 3.8) is 0 Å². The SMILES string of the molecule is CC(C)c1noc([C@H]2CCCCN2Cc2ccccc2Cn2cccn2)n1. The van der Waals surface area contributed by atoms with Gasteiger partial charge < -0.3 is 4.52 Å². The molecule has 1 atom stereocenters. The minimum Gasteiger partial charge on any atom is -0.338 e. The van der Waals surface area contributed by atoms with Gasteiger partial charge in [0.1, 0.15) is 0 Å². The molecular weight excluding hydrogens is 338 g/mol. The molecule has 2 aromatic heterocycles. The minimum absolute atomic E-state index is 0.205. The molecule has 142 valence electrons. The smallest absolute Gasteiger partial charge is 0.244 e. The van der Waals surface area contributed by atoms with Crippen molar-refractivity contribution in [1.29, 1.82) is 0 Å². The van der Waals surface area contributed by atoms with E-state index >= 15 is 0 Å².